The fourth-order valence-electron chi connectivity index (χ4n) is 3.02. The maximum atomic E-state index is 12.5. The third kappa shape index (κ3) is 3.47. The third-order valence-corrected chi connectivity index (χ3v) is 4.07. The lowest BCUT2D eigenvalue weighted by Crippen LogP contribution is -2.39. The minimum atomic E-state index is -4.15. The molecule has 0 saturated carbocycles. The molecule has 0 aromatic heterocycles. The van der Waals surface area contributed by atoms with Crippen molar-refractivity contribution in [1.29, 1.82) is 0 Å². The zero-order valence-electron chi connectivity index (χ0n) is 11.8. The largest absolute Gasteiger partial charge is 0.390 e. The first-order valence-corrected chi connectivity index (χ1v) is 7.07. The molecule has 0 saturated heterocycles. The third-order valence-electron chi connectivity index (χ3n) is 3.84. The predicted molar refractivity (Wildman–Crippen MR) is 74.9 cm³/mol. The number of alkyl halides is 3. The Bertz CT molecular complexity index is 496. The molecular formula is C15H19ClF3N. The van der Waals surface area contributed by atoms with E-state index in [1.54, 1.807) is 6.92 Å². The van der Waals surface area contributed by atoms with Crippen LogP contribution in [0.25, 0.3) is 0 Å². The van der Waals surface area contributed by atoms with Crippen LogP contribution in [0, 0.1) is 5.41 Å². The van der Waals surface area contributed by atoms with Crippen LogP contribution in [0.5, 0.6) is 0 Å². The summed E-state index contributed by atoms with van der Waals surface area (Å²) in [6, 6.07) is 4.94. The van der Waals surface area contributed by atoms with E-state index in [1.165, 1.54) is 0 Å². The first-order valence-electron chi connectivity index (χ1n) is 6.69. The number of nitrogens with one attached hydrogen (secondary N) is 1. The highest BCUT2D eigenvalue weighted by atomic mass is 35.5. The van der Waals surface area contributed by atoms with Gasteiger partial charge in [0.2, 0.25) is 0 Å². The molecule has 0 amide bonds. The van der Waals surface area contributed by atoms with Crippen LogP contribution in [0.2, 0.25) is 5.02 Å². The summed E-state index contributed by atoms with van der Waals surface area (Å²) in [5.41, 5.74) is 2.07. The normalized spacial score (nSPS) is 22.6. The van der Waals surface area contributed by atoms with Crippen molar-refractivity contribution in [2.24, 2.45) is 5.41 Å². The van der Waals surface area contributed by atoms with E-state index in [0.717, 1.165) is 17.5 Å². The van der Waals surface area contributed by atoms with E-state index in [2.05, 4.69) is 19.2 Å². The van der Waals surface area contributed by atoms with Crippen molar-refractivity contribution < 1.29 is 13.2 Å². The Labute approximate surface area is 122 Å². The summed E-state index contributed by atoms with van der Waals surface area (Å²) in [6.45, 7) is 5.71. The molecule has 0 radical (unpaired) electrons. The number of benzene rings is 1. The minimum Gasteiger partial charge on any atom is -0.307 e. The molecular weight excluding hydrogens is 287 g/mol. The van der Waals surface area contributed by atoms with Gasteiger partial charge in [0, 0.05) is 17.1 Å². The van der Waals surface area contributed by atoms with Gasteiger partial charge in [-0.15, -0.1) is 0 Å². The molecule has 1 aliphatic carbocycles. The van der Waals surface area contributed by atoms with Gasteiger partial charge in [-0.25, -0.2) is 0 Å². The lowest BCUT2D eigenvalue weighted by molar-refractivity contribution is -0.139. The summed E-state index contributed by atoms with van der Waals surface area (Å²) in [7, 11) is 0. The van der Waals surface area contributed by atoms with E-state index in [-0.39, 0.29) is 11.5 Å². The summed E-state index contributed by atoms with van der Waals surface area (Å²) < 4.78 is 37.4. The van der Waals surface area contributed by atoms with E-state index in [1.807, 2.05) is 18.2 Å². The van der Waals surface area contributed by atoms with Gasteiger partial charge in [0.1, 0.15) is 0 Å². The van der Waals surface area contributed by atoms with Gasteiger partial charge in [-0.1, -0.05) is 31.5 Å². The Hall–Kier alpha value is -0.740. The summed E-state index contributed by atoms with van der Waals surface area (Å²) in [6.07, 6.45) is -4.13. The van der Waals surface area contributed by atoms with Crippen LogP contribution in [-0.4, -0.2) is 12.2 Å². The standard InChI is InChI=1S/C15H19ClF3N/c1-9(7-15(17,18)19)20-13-12-6-11(16)5-4-10(12)8-14(13,2)3/h4-6,9,13,20H,7-8H2,1-3H3. The molecule has 5 heteroatoms. The number of hydrogen-bond donors (Lipinski definition) is 1. The van der Waals surface area contributed by atoms with Crippen molar-refractivity contribution in [3.63, 3.8) is 0 Å². The minimum absolute atomic E-state index is 0.103. The number of fused-ring (bicyclic) bond motifs is 1. The highest BCUT2D eigenvalue weighted by Crippen LogP contribution is 2.46. The van der Waals surface area contributed by atoms with Gasteiger partial charge in [0.25, 0.3) is 0 Å². The first-order chi connectivity index (χ1) is 9.08. The number of halogens is 4. The average molecular weight is 306 g/mol. The quantitative estimate of drug-likeness (QED) is 0.838. The van der Waals surface area contributed by atoms with Crippen molar-refractivity contribution in [1.82, 2.24) is 5.32 Å². The molecule has 2 atom stereocenters. The van der Waals surface area contributed by atoms with Crippen LogP contribution >= 0.6 is 11.6 Å². The van der Waals surface area contributed by atoms with Gasteiger partial charge in [-0.2, -0.15) is 13.2 Å². The van der Waals surface area contributed by atoms with Crippen LogP contribution < -0.4 is 5.32 Å². The van der Waals surface area contributed by atoms with Gasteiger partial charge >= 0.3 is 6.18 Å². The van der Waals surface area contributed by atoms with E-state index >= 15 is 0 Å². The zero-order chi connectivity index (χ0) is 15.1. The van der Waals surface area contributed by atoms with E-state index in [9.17, 15) is 13.2 Å². The van der Waals surface area contributed by atoms with Gasteiger partial charge < -0.3 is 5.32 Å². The molecule has 0 heterocycles. The van der Waals surface area contributed by atoms with Crippen LogP contribution in [0.3, 0.4) is 0 Å². The van der Waals surface area contributed by atoms with Crippen LogP contribution in [-0.2, 0) is 6.42 Å². The second kappa shape index (κ2) is 5.23. The molecule has 0 fully saturated rings. The fourth-order valence-corrected chi connectivity index (χ4v) is 3.20. The highest BCUT2D eigenvalue weighted by molar-refractivity contribution is 6.30. The van der Waals surface area contributed by atoms with Gasteiger partial charge in [-0.05, 0) is 42.0 Å². The molecule has 2 rings (SSSR count). The average Bonchev–Trinajstić information content (AvgIpc) is 2.48. The van der Waals surface area contributed by atoms with Gasteiger partial charge in [0.05, 0.1) is 6.42 Å². The molecule has 112 valence electrons. The topological polar surface area (TPSA) is 12.0 Å². The highest BCUT2D eigenvalue weighted by Gasteiger charge is 2.40. The maximum Gasteiger partial charge on any atom is 0.390 e. The molecule has 1 N–H and O–H groups in total. The lowest BCUT2D eigenvalue weighted by Gasteiger charge is -2.31. The molecule has 0 aliphatic heterocycles. The van der Waals surface area contributed by atoms with Crippen molar-refractivity contribution in [3.8, 4) is 0 Å². The molecule has 1 aromatic rings. The Balaban J connectivity index is 2.20. The van der Waals surface area contributed by atoms with E-state index < -0.39 is 18.6 Å². The number of rotatable bonds is 3. The molecule has 0 bridgehead atoms. The molecule has 20 heavy (non-hydrogen) atoms. The maximum absolute atomic E-state index is 12.5. The van der Waals surface area contributed by atoms with Crippen molar-refractivity contribution in [2.45, 2.75) is 51.9 Å². The summed E-state index contributed by atoms with van der Waals surface area (Å²) in [4.78, 5) is 0. The Kier molecular flexibility index (Phi) is 4.09. The molecule has 2 unspecified atom stereocenters. The van der Waals surface area contributed by atoms with Crippen LogP contribution in [0.15, 0.2) is 18.2 Å². The Morgan fingerprint density at radius 1 is 1.40 bits per heavy atom. The molecule has 0 spiro atoms. The molecule has 1 nitrogen and oxygen atoms in total. The monoisotopic (exact) mass is 305 g/mol. The first kappa shape index (κ1) is 15.6. The zero-order valence-corrected chi connectivity index (χ0v) is 12.6. The lowest BCUT2D eigenvalue weighted by atomic mass is 9.85. The van der Waals surface area contributed by atoms with E-state index in [4.69, 9.17) is 11.6 Å². The second-order valence-corrected chi connectivity index (χ2v) is 6.76. The summed E-state index contributed by atoms with van der Waals surface area (Å²) in [5, 5.41) is 3.75. The molecule has 1 aliphatic rings. The van der Waals surface area contributed by atoms with Gasteiger partial charge in [0.15, 0.2) is 0 Å². The van der Waals surface area contributed by atoms with Crippen molar-refractivity contribution in [2.75, 3.05) is 0 Å². The second-order valence-electron chi connectivity index (χ2n) is 6.33. The van der Waals surface area contributed by atoms with Crippen molar-refractivity contribution >= 4 is 11.6 Å². The smallest absolute Gasteiger partial charge is 0.307 e. The Morgan fingerprint density at radius 2 is 2.05 bits per heavy atom. The van der Waals surface area contributed by atoms with Crippen LogP contribution in [0.1, 0.15) is 44.4 Å². The predicted octanol–water partition coefficient (Wildman–Crippen LogP) is 4.89. The Morgan fingerprint density at radius 3 is 2.65 bits per heavy atom. The summed E-state index contributed by atoms with van der Waals surface area (Å²) >= 11 is 6.02. The summed E-state index contributed by atoms with van der Waals surface area (Å²) in [5.74, 6) is 0. The fraction of sp³-hybridized carbons (Fsp3) is 0.600. The van der Waals surface area contributed by atoms with Crippen LogP contribution in [0.4, 0.5) is 13.2 Å². The van der Waals surface area contributed by atoms with E-state index in [0.29, 0.717) is 5.02 Å². The van der Waals surface area contributed by atoms with Crippen molar-refractivity contribution in [3.05, 3.63) is 34.3 Å². The SMILES string of the molecule is CC(CC(F)(F)F)NC1c2cc(Cl)ccc2CC1(C)C. The number of hydrogen-bond acceptors (Lipinski definition) is 1. The molecule has 1 aromatic carbocycles. The van der Waals surface area contributed by atoms with Gasteiger partial charge in [-0.3, -0.25) is 0 Å².